The fourth-order valence-electron chi connectivity index (χ4n) is 3.67. The molecule has 3 aliphatic heterocycles. The minimum absolute atomic E-state index is 0.0366. The summed E-state index contributed by atoms with van der Waals surface area (Å²) in [5.74, 6) is -4.02. The first kappa shape index (κ1) is 18.5. The molecule has 0 radical (unpaired) electrons. The summed E-state index contributed by atoms with van der Waals surface area (Å²) in [6.45, 7) is 12.0. The summed E-state index contributed by atoms with van der Waals surface area (Å²) in [6, 6.07) is 0. The minimum atomic E-state index is -1.78. The number of carbonyl (C=O) groups is 3. The lowest BCUT2D eigenvalue weighted by atomic mass is 9.81. The largest absolute Gasteiger partial charge is 0.458 e. The van der Waals surface area contributed by atoms with Crippen LogP contribution in [0.3, 0.4) is 0 Å². The number of Topliss-reactive ketones (excluding diaryl/α,β-unsaturated/α-hetero) is 1. The van der Waals surface area contributed by atoms with Gasteiger partial charge >= 0.3 is 11.9 Å². The van der Waals surface area contributed by atoms with Gasteiger partial charge in [0.05, 0.1) is 12.3 Å². The Morgan fingerprint density at radius 2 is 2.08 bits per heavy atom. The Balaban J connectivity index is 2.09. The summed E-state index contributed by atoms with van der Waals surface area (Å²) < 4.78 is 16.6. The van der Waals surface area contributed by atoms with E-state index in [0.29, 0.717) is 5.57 Å². The zero-order chi connectivity index (χ0) is 19.4. The number of ether oxygens (including phenoxy) is 3. The highest BCUT2D eigenvalue weighted by atomic mass is 16.7. The Morgan fingerprint density at radius 3 is 2.69 bits per heavy atom. The molecule has 0 amide bonds. The van der Waals surface area contributed by atoms with Crippen molar-refractivity contribution in [2.75, 3.05) is 0 Å². The lowest BCUT2D eigenvalue weighted by Gasteiger charge is -2.32. The molecule has 3 aliphatic rings. The van der Waals surface area contributed by atoms with E-state index in [2.05, 4.69) is 13.2 Å². The Kier molecular flexibility index (Phi) is 4.20. The van der Waals surface area contributed by atoms with Gasteiger partial charge in [0.1, 0.15) is 17.8 Å². The van der Waals surface area contributed by atoms with Crippen molar-refractivity contribution in [1.82, 2.24) is 0 Å². The van der Waals surface area contributed by atoms with Gasteiger partial charge in [-0.2, -0.15) is 0 Å². The average molecular weight is 362 g/mol. The van der Waals surface area contributed by atoms with E-state index >= 15 is 0 Å². The molecule has 2 fully saturated rings. The van der Waals surface area contributed by atoms with Gasteiger partial charge in [-0.15, -0.1) is 0 Å². The van der Waals surface area contributed by atoms with Gasteiger partial charge in [0.2, 0.25) is 0 Å². The quantitative estimate of drug-likeness (QED) is 0.450. The van der Waals surface area contributed by atoms with Crippen LogP contribution in [-0.4, -0.2) is 46.4 Å². The maximum atomic E-state index is 12.6. The molecule has 0 spiro atoms. The third-order valence-electron chi connectivity index (χ3n) is 5.27. The zero-order valence-electron chi connectivity index (χ0n) is 15.0. The molecule has 3 heterocycles. The molecule has 2 saturated heterocycles. The van der Waals surface area contributed by atoms with Gasteiger partial charge in [0, 0.05) is 17.6 Å². The summed E-state index contributed by atoms with van der Waals surface area (Å²) in [7, 11) is 0. The van der Waals surface area contributed by atoms with Crippen molar-refractivity contribution >= 4 is 17.7 Å². The van der Waals surface area contributed by atoms with Crippen LogP contribution in [0.4, 0.5) is 0 Å². The van der Waals surface area contributed by atoms with Crippen LogP contribution in [0.5, 0.6) is 0 Å². The van der Waals surface area contributed by atoms with Gasteiger partial charge in [0.25, 0.3) is 0 Å². The number of carbonyl (C=O) groups excluding carboxylic acids is 3. The molecule has 1 N–H and O–H groups in total. The van der Waals surface area contributed by atoms with Crippen molar-refractivity contribution in [3.8, 4) is 0 Å². The second-order valence-electron chi connectivity index (χ2n) is 7.42. The normalized spacial score (nSPS) is 39.3. The smallest absolute Gasteiger partial charge is 0.334 e. The number of esters is 2. The molecule has 0 aromatic carbocycles. The van der Waals surface area contributed by atoms with Gasteiger partial charge in [0.15, 0.2) is 11.6 Å². The average Bonchev–Trinajstić information content (AvgIpc) is 2.93. The van der Waals surface area contributed by atoms with Crippen molar-refractivity contribution in [2.45, 2.75) is 57.2 Å². The van der Waals surface area contributed by atoms with Crippen molar-refractivity contribution in [3.05, 3.63) is 36.0 Å². The first-order chi connectivity index (χ1) is 12.0. The van der Waals surface area contributed by atoms with Crippen molar-refractivity contribution in [1.29, 1.82) is 0 Å². The van der Waals surface area contributed by atoms with E-state index in [9.17, 15) is 19.5 Å². The molecular formula is C19H22O7. The molecule has 7 nitrogen and oxygen atoms in total. The van der Waals surface area contributed by atoms with E-state index in [1.54, 1.807) is 13.8 Å². The van der Waals surface area contributed by atoms with Crippen LogP contribution in [0.1, 0.15) is 33.6 Å². The van der Waals surface area contributed by atoms with Crippen molar-refractivity contribution < 1.29 is 33.7 Å². The number of aliphatic hydroxyl groups is 1. The summed E-state index contributed by atoms with van der Waals surface area (Å²) in [5, 5.41) is 10.8. The van der Waals surface area contributed by atoms with E-state index in [-0.39, 0.29) is 29.8 Å². The predicted molar refractivity (Wildman–Crippen MR) is 89.6 cm³/mol. The Bertz CT molecular complexity index is 764. The van der Waals surface area contributed by atoms with Gasteiger partial charge < -0.3 is 19.3 Å². The van der Waals surface area contributed by atoms with Crippen molar-refractivity contribution in [3.63, 3.8) is 0 Å². The fraction of sp³-hybridized carbons (Fsp3) is 0.526. The molecule has 0 aliphatic carbocycles. The molecule has 0 aromatic heterocycles. The lowest BCUT2D eigenvalue weighted by Crippen LogP contribution is -2.43. The monoisotopic (exact) mass is 362 g/mol. The lowest BCUT2D eigenvalue weighted by molar-refractivity contribution is -0.202. The second kappa shape index (κ2) is 5.89. The highest BCUT2D eigenvalue weighted by Crippen LogP contribution is 2.46. The molecule has 3 rings (SSSR count). The van der Waals surface area contributed by atoms with E-state index < -0.39 is 41.5 Å². The van der Waals surface area contributed by atoms with E-state index in [0.717, 1.165) is 0 Å². The van der Waals surface area contributed by atoms with E-state index in [4.69, 9.17) is 14.2 Å². The Hall–Kier alpha value is -2.25. The third-order valence-corrected chi connectivity index (χ3v) is 5.27. The molecular weight excluding hydrogens is 340 g/mol. The van der Waals surface area contributed by atoms with Crippen molar-refractivity contribution in [2.24, 2.45) is 5.92 Å². The number of fused-ring (bicyclic) bond motifs is 3. The van der Waals surface area contributed by atoms with Crippen LogP contribution >= 0.6 is 0 Å². The number of ketones is 1. The molecule has 0 saturated carbocycles. The maximum Gasteiger partial charge on any atom is 0.334 e. The highest BCUT2D eigenvalue weighted by molar-refractivity contribution is 5.93. The summed E-state index contributed by atoms with van der Waals surface area (Å²) in [6.07, 6.45) is -0.401. The van der Waals surface area contributed by atoms with Crippen LogP contribution in [0, 0.1) is 5.92 Å². The number of rotatable bonds is 2. The molecule has 140 valence electrons. The van der Waals surface area contributed by atoms with Gasteiger partial charge in [-0.1, -0.05) is 13.2 Å². The molecule has 5 unspecified atom stereocenters. The first-order valence-electron chi connectivity index (χ1n) is 8.38. The van der Waals surface area contributed by atoms with Gasteiger partial charge in [-0.25, -0.2) is 9.59 Å². The molecule has 26 heavy (non-hydrogen) atoms. The van der Waals surface area contributed by atoms with Gasteiger partial charge in [-0.3, -0.25) is 4.79 Å². The molecule has 2 bridgehead atoms. The molecule has 0 aromatic rings. The van der Waals surface area contributed by atoms with Crippen LogP contribution in [0.15, 0.2) is 36.0 Å². The summed E-state index contributed by atoms with van der Waals surface area (Å²) >= 11 is 0. The minimum Gasteiger partial charge on any atom is -0.458 e. The van der Waals surface area contributed by atoms with Crippen LogP contribution in [0.25, 0.3) is 0 Å². The van der Waals surface area contributed by atoms with Crippen LogP contribution in [0.2, 0.25) is 0 Å². The predicted octanol–water partition coefficient (Wildman–Crippen LogP) is 1.36. The van der Waals surface area contributed by atoms with E-state index in [1.807, 2.05) is 0 Å². The fourth-order valence-corrected chi connectivity index (χ4v) is 3.67. The zero-order valence-corrected chi connectivity index (χ0v) is 15.0. The van der Waals surface area contributed by atoms with Crippen LogP contribution < -0.4 is 0 Å². The van der Waals surface area contributed by atoms with Gasteiger partial charge in [-0.05, 0) is 32.4 Å². The first-order valence-corrected chi connectivity index (χ1v) is 8.38. The summed E-state index contributed by atoms with van der Waals surface area (Å²) in [5.41, 5.74) is -0.673. The second-order valence-corrected chi connectivity index (χ2v) is 7.42. The SMILES string of the molecule is C=C(C)C(=O)OC1CC2(C)OC(O)(CC2=O)C(C)=CC2OC(=O)C(=C)C21. The number of hydrogen-bond acceptors (Lipinski definition) is 7. The highest BCUT2D eigenvalue weighted by Gasteiger charge is 2.58. The van der Waals surface area contributed by atoms with E-state index in [1.165, 1.54) is 13.0 Å². The topological polar surface area (TPSA) is 99.1 Å². The maximum absolute atomic E-state index is 12.6. The molecule has 5 atom stereocenters. The van der Waals surface area contributed by atoms with Crippen LogP contribution in [-0.2, 0) is 28.6 Å². The Morgan fingerprint density at radius 1 is 1.42 bits per heavy atom. The Labute approximate surface area is 151 Å². The third kappa shape index (κ3) is 2.81. The number of hydrogen-bond donors (Lipinski definition) is 1. The summed E-state index contributed by atoms with van der Waals surface area (Å²) in [4.78, 5) is 36.7. The molecule has 7 heteroatoms. The standard InChI is InChI=1S/C19H22O7/c1-9(2)16(21)25-13-7-18(5)14(20)8-19(23,26-18)10(3)6-12-15(13)11(4)17(22)24-12/h6,12-13,15,23H,1,4,7-8H2,2-3,5H3.